The number of carbonyl (C=O) groups excluding carboxylic acids is 1. The Morgan fingerprint density at radius 1 is 0.967 bits per heavy atom. The fraction of sp³-hybridized carbons (Fsp3) is 0.964. The maximum atomic E-state index is 13.4. The zero-order valence-corrected chi connectivity index (χ0v) is 20.7. The fourth-order valence-electron chi connectivity index (χ4n) is 9.24. The molecule has 2 heteroatoms. The normalized spacial score (nSPS) is 47.0. The summed E-state index contributed by atoms with van der Waals surface area (Å²) in [6.45, 7) is 12.4. The predicted octanol–water partition coefficient (Wildman–Crippen LogP) is 7.30. The van der Waals surface area contributed by atoms with E-state index < -0.39 is 0 Å². The summed E-state index contributed by atoms with van der Waals surface area (Å²) in [6, 6.07) is 0. The summed E-state index contributed by atoms with van der Waals surface area (Å²) in [6.07, 6.45) is 14.2. The topological polar surface area (TPSA) is 26.3 Å². The summed E-state index contributed by atoms with van der Waals surface area (Å²) in [5, 5.41) is 0. The zero-order valence-electron chi connectivity index (χ0n) is 20.7. The minimum absolute atomic E-state index is 0.233. The molecule has 0 aliphatic heterocycles. The number of fused-ring (bicyclic) bond motifs is 5. The first-order chi connectivity index (χ1) is 14.2. The first kappa shape index (κ1) is 22.8. The van der Waals surface area contributed by atoms with E-state index in [0.29, 0.717) is 23.2 Å². The number of methoxy groups -OCH3 is 1. The molecular weight excluding hydrogens is 368 g/mol. The maximum Gasteiger partial charge on any atom is 0.136 e. The first-order valence-corrected chi connectivity index (χ1v) is 13.3. The monoisotopic (exact) mass is 416 g/mol. The lowest BCUT2D eigenvalue weighted by Crippen LogP contribution is -2.57. The number of hydrogen-bond donors (Lipinski definition) is 0. The van der Waals surface area contributed by atoms with Crippen molar-refractivity contribution in [2.75, 3.05) is 7.11 Å². The van der Waals surface area contributed by atoms with Crippen LogP contribution < -0.4 is 0 Å². The van der Waals surface area contributed by atoms with E-state index in [1.165, 1.54) is 51.4 Å². The standard InChI is InChI=1S/C28H48O2/c1-18(2)8-7-9-19(3)22-10-11-23-21-17-26(29)25-16-20(30-6)12-14-28(25,5)24(21)13-15-27(22,23)4/h18-25H,7-17H2,1-6H3/t19-,20+,21+,22-,23+,24+,25?,27-,28-/m1/s1. The molecule has 9 atom stereocenters. The Bertz CT molecular complexity index is 626. The lowest BCUT2D eigenvalue weighted by atomic mass is 9.44. The molecule has 0 bridgehead atoms. The average molecular weight is 417 g/mol. The van der Waals surface area contributed by atoms with E-state index in [1.807, 2.05) is 7.11 Å². The number of Topliss-reactive ketones (excluding diaryl/α,β-unsaturated/α-hetero) is 1. The van der Waals surface area contributed by atoms with E-state index in [9.17, 15) is 4.79 Å². The number of ketones is 1. The van der Waals surface area contributed by atoms with Crippen molar-refractivity contribution in [3.8, 4) is 0 Å². The van der Waals surface area contributed by atoms with Crippen LogP contribution in [-0.2, 0) is 9.53 Å². The van der Waals surface area contributed by atoms with Gasteiger partial charge in [-0.2, -0.15) is 0 Å². The summed E-state index contributed by atoms with van der Waals surface area (Å²) >= 11 is 0. The smallest absolute Gasteiger partial charge is 0.136 e. The average Bonchev–Trinajstić information content (AvgIpc) is 3.05. The van der Waals surface area contributed by atoms with Crippen molar-refractivity contribution in [2.45, 2.75) is 111 Å². The van der Waals surface area contributed by atoms with Gasteiger partial charge in [-0.05, 0) is 91.3 Å². The summed E-state index contributed by atoms with van der Waals surface area (Å²) in [4.78, 5) is 13.4. The minimum atomic E-state index is 0.233. The van der Waals surface area contributed by atoms with E-state index >= 15 is 0 Å². The van der Waals surface area contributed by atoms with Crippen molar-refractivity contribution >= 4 is 5.78 Å². The van der Waals surface area contributed by atoms with Gasteiger partial charge in [0, 0.05) is 19.4 Å². The number of ether oxygens (including phenoxy) is 1. The van der Waals surface area contributed by atoms with Crippen molar-refractivity contribution in [1.82, 2.24) is 0 Å². The molecule has 0 amide bonds. The molecule has 2 nitrogen and oxygen atoms in total. The van der Waals surface area contributed by atoms with Gasteiger partial charge in [-0.25, -0.2) is 0 Å². The minimum Gasteiger partial charge on any atom is -0.381 e. The molecule has 0 aromatic rings. The lowest BCUT2D eigenvalue weighted by molar-refractivity contribution is -0.161. The molecule has 1 unspecified atom stereocenters. The van der Waals surface area contributed by atoms with Crippen molar-refractivity contribution in [2.24, 2.45) is 52.3 Å². The van der Waals surface area contributed by atoms with Gasteiger partial charge in [-0.15, -0.1) is 0 Å². The number of carbonyl (C=O) groups is 1. The first-order valence-electron chi connectivity index (χ1n) is 13.3. The van der Waals surface area contributed by atoms with Gasteiger partial charge in [0.1, 0.15) is 5.78 Å². The Labute approximate surface area is 186 Å². The van der Waals surface area contributed by atoms with Crippen LogP contribution in [0.1, 0.15) is 105 Å². The molecule has 4 aliphatic carbocycles. The van der Waals surface area contributed by atoms with E-state index in [0.717, 1.165) is 48.9 Å². The highest BCUT2D eigenvalue weighted by atomic mass is 16.5. The van der Waals surface area contributed by atoms with E-state index in [1.54, 1.807) is 0 Å². The second-order valence-electron chi connectivity index (χ2n) is 12.8. The summed E-state index contributed by atoms with van der Waals surface area (Å²) < 4.78 is 5.69. The molecule has 0 aromatic carbocycles. The molecule has 0 radical (unpaired) electrons. The molecule has 4 saturated carbocycles. The lowest BCUT2D eigenvalue weighted by Gasteiger charge is -2.60. The highest BCUT2D eigenvalue weighted by molar-refractivity contribution is 5.83. The van der Waals surface area contributed by atoms with Crippen LogP contribution in [-0.4, -0.2) is 19.0 Å². The van der Waals surface area contributed by atoms with Crippen LogP contribution >= 0.6 is 0 Å². The van der Waals surface area contributed by atoms with Crippen LogP contribution in [0.15, 0.2) is 0 Å². The van der Waals surface area contributed by atoms with Gasteiger partial charge < -0.3 is 4.74 Å². The molecule has 172 valence electrons. The zero-order chi connectivity index (χ0) is 21.7. The third-order valence-electron chi connectivity index (χ3n) is 10.9. The van der Waals surface area contributed by atoms with Crippen LogP contribution in [0, 0.1) is 52.3 Å². The number of hydrogen-bond acceptors (Lipinski definition) is 2. The SMILES string of the molecule is CO[C@H]1CC[C@@]2(C)C(C1)C(=O)C[C@H]1[C@@H]3CC[C@H]([C@H](C)CCCC(C)C)[C@@]3(C)CC[C@@H]12. The molecular formula is C28H48O2. The Hall–Kier alpha value is -0.370. The van der Waals surface area contributed by atoms with E-state index in [2.05, 4.69) is 34.6 Å². The highest BCUT2D eigenvalue weighted by Gasteiger charge is 2.62. The molecule has 0 spiro atoms. The molecule has 0 heterocycles. The Balaban J connectivity index is 1.50. The third kappa shape index (κ3) is 3.71. The molecule has 0 N–H and O–H groups in total. The van der Waals surface area contributed by atoms with Crippen molar-refractivity contribution in [3.05, 3.63) is 0 Å². The van der Waals surface area contributed by atoms with Crippen molar-refractivity contribution in [1.29, 1.82) is 0 Å². The van der Waals surface area contributed by atoms with Gasteiger partial charge in [0.15, 0.2) is 0 Å². The van der Waals surface area contributed by atoms with Crippen LogP contribution in [0.3, 0.4) is 0 Å². The molecule has 4 aliphatic rings. The molecule has 4 fully saturated rings. The summed E-state index contributed by atoms with van der Waals surface area (Å²) in [5.41, 5.74) is 0.711. The molecule has 0 saturated heterocycles. The maximum absolute atomic E-state index is 13.4. The van der Waals surface area contributed by atoms with Gasteiger partial charge in [0.25, 0.3) is 0 Å². The van der Waals surface area contributed by atoms with E-state index in [4.69, 9.17) is 4.74 Å². The van der Waals surface area contributed by atoms with Crippen LogP contribution in [0.5, 0.6) is 0 Å². The Morgan fingerprint density at radius 2 is 1.67 bits per heavy atom. The third-order valence-corrected chi connectivity index (χ3v) is 10.9. The van der Waals surface area contributed by atoms with Crippen molar-refractivity contribution < 1.29 is 9.53 Å². The Morgan fingerprint density at radius 3 is 2.37 bits per heavy atom. The van der Waals surface area contributed by atoms with Crippen LogP contribution in [0.2, 0.25) is 0 Å². The van der Waals surface area contributed by atoms with Gasteiger partial charge in [-0.3, -0.25) is 4.79 Å². The second kappa shape index (κ2) is 8.53. The van der Waals surface area contributed by atoms with Gasteiger partial charge in [0.05, 0.1) is 6.10 Å². The molecule has 30 heavy (non-hydrogen) atoms. The largest absolute Gasteiger partial charge is 0.381 e. The van der Waals surface area contributed by atoms with Gasteiger partial charge in [0.2, 0.25) is 0 Å². The van der Waals surface area contributed by atoms with E-state index in [-0.39, 0.29) is 11.3 Å². The van der Waals surface area contributed by atoms with Crippen molar-refractivity contribution in [3.63, 3.8) is 0 Å². The quantitative estimate of drug-likeness (QED) is 0.454. The summed E-state index contributed by atoms with van der Waals surface area (Å²) in [7, 11) is 1.83. The Kier molecular flexibility index (Phi) is 6.48. The van der Waals surface area contributed by atoms with Crippen LogP contribution in [0.25, 0.3) is 0 Å². The number of rotatable bonds is 6. The predicted molar refractivity (Wildman–Crippen MR) is 124 cm³/mol. The fourth-order valence-corrected chi connectivity index (χ4v) is 9.24. The second-order valence-corrected chi connectivity index (χ2v) is 12.8. The van der Waals surface area contributed by atoms with Gasteiger partial charge in [-0.1, -0.05) is 53.9 Å². The molecule has 4 rings (SSSR count). The highest BCUT2D eigenvalue weighted by Crippen LogP contribution is 2.67. The van der Waals surface area contributed by atoms with Gasteiger partial charge >= 0.3 is 0 Å². The molecule has 0 aromatic heterocycles. The van der Waals surface area contributed by atoms with Crippen LogP contribution in [0.4, 0.5) is 0 Å². The summed E-state index contributed by atoms with van der Waals surface area (Å²) in [5.74, 6) is 5.60.